The van der Waals surface area contributed by atoms with Gasteiger partial charge < -0.3 is 0 Å². The van der Waals surface area contributed by atoms with Gasteiger partial charge in [-0.15, -0.1) is 11.8 Å². The van der Waals surface area contributed by atoms with Crippen LogP contribution in [0.4, 0.5) is 0 Å². The number of nitrogens with one attached hydrogen (secondary N) is 1. The van der Waals surface area contributed by atoms with Crippen LogP contribution in [0.2, 0.25) is 5.02 Å². The van der Waals surface area contributed by atoms with Gasteiger partial charge in [-0.05, 0) is 23.3 Å². The number of amides is 1. The van der Waals surface area contributed by atoms with Gasteiger partial charge >= 0.3 is 0 Å². The van der Waals surface area contributed by atoms with Crippen molar-refractivity contribution in [1.82, 2.24) is 5.48 Å². The molecule has 0 bridgehead atoms. The average molecular weight is 322 g/mol. The molecule has 0 aliphatic rings. The van der Waals surface area contributed by atoms with E-state index in [1.165, 1.54) is 7.11 Å². The predicted molar refractivity (Wildman–Crippen MR) is 87.3 cm³/mol. The van der Waals surface area contributed by atoms with Gasteiger partial charge in [-0.2, -0.15) is 0 Å². The van der Waals surface area contributed by atoms with Crippen LogP contribution >= 0.6 is 23.4 Å². The minimum Gasteiger partial charge on any atom is -0.277 e. The molecule has 3 nitrogen and oxygen atoms in total. The fraction of sp³-hybridized carbons (Fsp3) is 0.188. The van der Waals surface area contributed by atoms with Crippen molar-refractivity contribution in [3.8, 4) is 0 Å². The normalized spacial score (nSPS) is 11.9. The standard InChI is InChI=1S/C16H16ClNO2S/c1-20-18-15(19)11-21-16(12-5-3-2-4-6-12)13-7-9-14(17)10-8-13/h2-10,16H,11H2,1H3,(H,18,19). The number of hydrogen-bond donors (Lipinski definition) is 1. The maximum atomic E-state index is 11.6. The lowest BCUT2D eigenvalue weighted by atomic mass is 10.0. The van der Waals surface area contributed by atoms with Crippen LogP contribution in [0.3, 0.4) is 0 Å². The summed E-state index contributed by atoms with van der Waals surface area (Å²) < 4.78 is 0. The van der Waals surface area contributed by atoms with Gasteiger partial charge in [-0.3, -0.25) is 9.63 Å². The first kappa shape index (κ1) is 15.9. The molecule has 1 atom stereocenters. The second-order valence-corrected chi connectivity index (χ2v) is 5.91. The Morgan fingerprint density at radius 2 is 1.76 bits per heavy atom. The van der Waals surface area contributed by atoms with E-state index < -0.39 is 0 Å². The average Bonchev–Trinajstić information content (AvgIpc) is 2.50. The van der Waals surface area contributed by atoms with E-state index in [4.69, 9.17) is 11.6 Å². The molecule has 2 aromatic rings. The highest BCUT2D eigenvalue weighted by molar-refractivity contribution is 8.00. The Kier molecular flexibility index (Phi) is 6.11. The third-order valence-electron chi connectivity index (χ3n) is 2.87. The lowest BCUT2D eigenvalue weighted by molar-refractivity contribution is -0.128. The number of benzene rings is 2. The molecule has 0 saturated carbocycles. The Labute approximate surface area is 133 Å². The van der Waals surface area contributed by atoms with Crippen LogP contribution in [0.5, 0.6) is 0 Å². The fourth-order valence-electron chi connectivity index (χ4n) is 1.95. The number of hydroxylamine groups is 1. The van der Waals surface area contributed by atoms with Crippen LogP contribution < -0.4 is 5.48 Å². The summed E-state index contributed by atoms with van der Waals surface area (Å²) in [5.41, 5.74) is 4.59. The highest BCUT2D eigenvalue weighted by Gasteiger charge is 2.16. The highest BCUT2D eigenvalue weighted by atomic mass is 35.5. The van der Waals surface area contributed by atoms with Crippen LogP contribution in [0.25, 0.3) is 0 Å². The Morgan fingerprint density at radius 1 is 1.14 bits per heavy atom. The van der Waals surface area contributed by atoms with E-state index in [1.807, 2.05) is 42.5 Å². The maximum absolute atomic E-state index is 11.6. The van der Waals surface area contributed by atoms with Crippen molar-refractivity contribution >= 4 is 29.3 Å². The van der Waals surface area contributed by atoms with E-state index in [0.29, 0.717) is 10.8 Å². The Morgan fingerprint density at radius 3 is 2.38 bits per heavy atom. The molecule has 0 radical (unpaired) electrons. The number of thioether (sulfide) groups is 1. The molecule has 1 N–H and O–H groups in total. The molecule has 0 aliphatic heterocycles. The molecule has 0 saturated heterocycles. The smallest absolute Gasteiger partial charge is 0.253 e. The van der Waals surface area contributed by atoms with Crippen molar-refractivity contribution in [2.75, 3.05) is 12.9 Å². The predicted octanol–water partition coefficient (Wildman–Crippen LogP) is 3.84. The van der Waals surface area contributed by atoms with Gasteiger partial charge in [0.15, 0.2) is 0 Å². The molecule has 2 rings (SSSR count). The van der Waals surface area contributed by atoms with Gasteiger partial charge in [0, 0.05) is 5.02 Å². The summed E-state index contributed by atoms with van der Waals surface area (Å²) in [7, 11) is 1.43. The summed E-state index contributed by atoms with van der Waals surface area (Å²) in [6, 6.07) is 17.8. The lowest BCUT2D eigenvalue weighted by Crippen LogP contribution is -2.24. The molecule has 0 fully saturated rings. The monoisotopic (exact) mass is 321 g/mol. The molecule has 1 amide bonds. The number of carbonyl (C=O) groups excluding carboxylic acids is 1. The lowest BCUT2D eigenvalue weighted by Gasteiger charge is -2.17. The van der Waals surface area contributed by atoms with Crippen LogP contribution in [0, 0.1) is 0 Å². The zero-order valence-electron chi connectivity index (χ0n) is 11.6. The van der Waals surface area contributed by atoms with Gasteiger partial charge in [0.05, 0.1) is 18.1 Å². The first-order chi connectivity index (χ1) is 10.2. The zero-order chi connectivity index (χ0) is 15.1. The first-order valence-corrected chi connectivity index (χ1v) is 7.87. The Hall–Kier alpha value is -1.49. The number of halogens is 1. The maximum Gasteiger partial charge on any atom is 0.253 e. The quantitative estimate of drug-likeness (QED) is 0.821. The molecule has 5 heteroatoms. The molecule has 21 heavy (non-hydrogen) atoms. The van der Waals surface area contributed by atoms with Crippen molar-refractivity contribution in [1.29, 1.82) is 0 Å². The van der Waals surface area contributed by atoms with Crippen LogP contribution in [-0.2, 0) is 9.63 Å². The van der Waals surface area contributed by atoms with Crippen molar-refractivity contribution in [2.45, 2.75) is 5.25 Å². The van der Waals surface area contributed by atoms with Gasteiger partial charge in [0.25, 0.3) is 5.91 Å². The summed E-state index contributed by atoms with van der Waals surface area (Å²) in [6.45, 7) is 0. The molecule has 0 aliphatic carbocycles. The van der Waals surface area contributed by atoms with E-state index in [9.17, 15) is 4.79 Å². The number of rotatable bonds is 6. The van der Waals surface area contributed by atoms with Gasteiger partial charge in [-0.25, -0.2) is 5.48 Å². The minimum atomic E-state index is -0.155. The SMILES string of the molecule is CONC(=O)CSC(c1ccccc1)c1ccc(Cl)cc1. The van der Waals surface area contributed by atoms with E-state index in [1.54, 1.807) is 11.8 Å². The largest absolute Gasteiger partial charge is 0.277 e. The van der Waals surface area contributed by atoms with E-state index in [0.717, 1.165) is 11.1 Å². The molecule has 1 unspecified atom stereocenters. The second kappa shape index (κ2) is 8.08. The summed E-state index contributed by atoms with van der Waals surface area (Å²) in [6.07, 6.45) is 0. The second-order valence-electron chi connectivity index (χ2n) is 4.38. The summed E-state index contributed by atoms with van der Waals surface area (Å²) >= 11 is 7.49. The van der Waals surface area contributed by atoms with E-state index >= 15 is 0 Å². The van der Waals surface area contributed by atoms with Gasteiger partial charge in [0.1, 0.15) is 0 Å². The van der Waals surface area contributed by atoms with E-state index in [-0.39, 0.29) is 11.2 Å². The van der Waals surface area contributed by atoms with Crippen molar-refractivity contribution in [3.63, 3.8) is 0 Å². The molecular formula is C16H16ClNO2S. The molecule has 0 spiro atoms. The molecule has 0 aromatic heterocycles. The van der Waals surface area contributed by atoms with Crippen LogP contribution in [0.1, 0.15) is 16.4 Å². The third kappa shape index (κ3) is 4.77. The van der Waals surface area contributed by atoms with Crippen molar-refractivity contribution < 1.29 is 9.63 Å². The van der Waals surface area contributed by atoms with E-state index in [2.05, 4.69) is 22.5 Å². The summed E-state index contributed by atoms with van der Waals surface area (Å²) in [5, 5.41) is 0.777. The molecule has 110 valence electrons. The fourth-order valence-corrected chi connectivity index (χ4v) is 3.15. The van der Waals surface area contributed by atoms with Gasteiger partial charge in [0.2, 0.25) is 0 Å². The summed E-state index contributed by atoms with van der Waals surface area (Å²) in [4.78, 5) is 16.2. The minimum absolute atomic E-state index is 0.0751. The van der Waals surface area contributed by atoms with Crippen molar-refractivity contribution in [3.05, 3.63) is 70.7 Å². The van der Waals surface area contributed by atoms with Crippen molar-refractivity contribution in [2.24, 2.45) is 0 Å². The topological polar surface area (TPSA) is 38.3 Å². The zero-order valence-corrected chi connectivity index (χ0v) is 13.2. The first-order valence-electron chi connectivity index (χ1n) is 6.44. The number of hydrogen-bond acceptors (Lipinski definition) is 3. The molecule has 2 aromatic carbocycles. The summed E-state index contributed by atoms with van der Waals surface area (Å²) in [5.74, 6) is 0.160. The molecule has 0 heterocycles. The Balaban J connectivity index is 2.18. The van der Waals surface area contributed by atoms with Crippen LogP contribution in [0.15, 0.2) is 54.6 Å². The van der Waals surface area contributed by atoms with Crippen LogP contribution in [-0.4, -0.2) is 18.8 Å². The third-order valence-corrected chi connectivity index (χ3v) is 4.43. The molecular weight excluding hydrogens is 306 g/mol. The number of carbonyl (C=O) groups is 1. The Bertz CT molecular complexity index is 575. The highest BCUT2D eigenvalue weighted by Crippen LogP contribution is 2.35. The van der Waals surface area contributed by atoms with Gasteiger partial charge in [-0.1, -0.05) is 54.1 Å².